The van der Waals surface area contributed by atoms with Crippen molar-refractivity contribution >= 4 is 29.7 Å². The predicted molar refractivity (Wildman–Crippen MR) is 199 cm³/mol. The maximum atomic E-state index is 12.4. The lowest BCUT2D eigenvalue weighted by Crippen LogP contribution is -2.64. The van der Waals surface area contributed by atoms with E-state index in [1.54, 1.807) is 0 Å². The number of carbonyl (C=O) groups excluding carboxylic acids is 5. The molecule has 330 valence electrons. The van der Waals surface area contributed by atoms with Crippen molar-refractivity contribution in [3.05, 3.63) is 0 Å². The van der Waals surface area contributed by atoms with Gasteiger partial charge < -0.3 is 80.5 Å². The number of unbranched alkanes of at least 4 members (excludes halogenated alkanes) is 6. The Bertz CT molecular complexity index is 1220. The Kier molecular flexibility index (Phi) is 24.0. The lowest BCUT2D eigenvalue weighted by molar-refractivity contribution is -0.270. The summed E-state index contributed by atoms with van der Waals surface area (Å²) in [6.07, 6.45) is -5.96. The zero-order chi connectivity index (χ0) is 42.3. The molecule has 2 rings (SSSR count). The van der Waals surface area contributed by atoms with Gasteiger partial charge in [-0.15, -0.1) is 0 Å². The van der Waals surface area contributed by atoms with Crippen LogP contribution >= 0.6 is 0 Å². The number of amides is 5. The van der Waals surface area contributed by atoms with Crippen LogP contribution in [0, 0.1) is 0 Å². The highest BCUT2D eigenvalue weighted by molar-refractivity contribution is 5.96. The maximum absolute atomic E-state index is 12.4. The van der Waals surface area contributed by atoms with Crippen molar-refractivity contribution in [1.82, 2.24) is 26.6 Å². The second kappa shape index (κ2) is 27.4. The van der Waals surface area contributed by atoms with E-state index < -0.39 is 98.3 Å². The first kappa shape index (κ1) is 49.9. The van der Waals surface area contributed by atoms with Crippen molar-refractivity contribution in [1.29, 1.82) is 0 Å². The summed E-state index contributed by atoms with van der Waals surface area (Å²) in [5.74, 6) is -1.73. The molecular weight excluding hydrogens is 758 g/mol. The first-order valence-electron chi connectivity index (χ1n) is 19.6. The molecule has 5 amide bonds. The molecule has 0 spiro atoms. The molecule has 0 radical (unpaired) electrons. The molecule has 2 aliphatic heterocycles. The number of nitrogens with one attached hydrogen (secondary N) is 5. The number of aliphatic hydroxyl groups excluding tert-OH is 5. The van der Waals surface area contributed by atoms with E-state index in [-0.39, 0.29) is 44.9 Å². The van der Waals surface area contributed by atoms with Crippen LogP contribution in [0.2, 0.25) is 0 Å². The van der Waals surface area contributed by atoms with Crippen LogP contribution in [0.3, 0.4) is 0 Å². The molecule has 2 fully saturated rings. The van der Waals surface area contributed by atoms with Crippen LogP contribution in [0.15, 0.2) is 0 Å². The molecule has 0 aromatic heterocycles. The fraction of sp³-hybridized carbons (Fsp3) is 0.861. The monoisotopic (exact) mass is 823 g/mol. The SMILES string of the molecule is CC(=O)NC1C(OCCCCCCNC(=O)OCC2OC(OCCCCCCNC(=O)CC(=O)NCOC(C)C)C(NC(C)=O)C(O)C2O)OC(CO)C(O)C1O. The summed E-state index contributed by atoms with van der Waals surface area (Å²) in [5.41, 5.74) is 0. The Labute approximate surface area is 333 Å². The van der Waals surface area contributed by atoms with Gasteiger partial charge in [0.2, 0.25) is 23.6 Å². The molecular formula is C36H65N5O16. The van der Waals surface area contributed by atoms with E-state index in [0.717, 1.165) is 12.8 Å². The van der Waals surface area contributed by atoms with Gasteiger partial charge >= 0.3 is 6.09 Å². The van der Waals surface area contributed by atoms with E-state index in [0.29, 0.717) is 45.1 Å². The summed E-state index contributed by atoms with van der Waals surface area (Å²) < 4.78 is 33.3. The predicted octanol–water partition coefficient (Wildman–Crippen LogP) is -2.23. The van der Waals surface area contributed by atoms with Crippen molar-refractivity contribution in [2.24, 2.45) is 0 Å². The van der Waals surface area contributed by atoms with Gasteiger partial charge in [-0.3, -0.25) is 19.2 Å². The largest absolute Gasteiger partial charge is 0.447 e. The number of carbonyl (C=O) groups is 5. The number of alkyl carbamates (subject to hydrolysis) is 1. The fourth-order valence-corrected chi connectivity index (χ4v) is 5.96. The van der Waals surface area contributed by atoms with Crippen molar-refractivity contribution in [2.45, 2.75) is 153 Å². The maximum Gasteiger partial charge on any atom is 0.407 e. The Morgan fingerprint density at radius 2 is 1.11 bits per heavy atom. The lowest BCUT2D eigenvalue weighted by Gasteiger charge is -2.42. The van der Waals surface area contributed by atoms with E-state index in [2.05, 4.69) is 26.6 Å². The minimum absolute atomic E-state index is 0.0388. The number of hydrogen-bond acceptors (Lipinski definition) is 16. The highest BCUT2D eigenvalue weighted by Crippen LogP contribution is 2.24. The summed E-state index contributed by atoms with van der Waals surface area (Å²) in [6, 6.07) is -2.10. The van der Waals surface area contributed by atoms with Gasteiger partial charge in [0.1, 0.15) is 68.5 Å². The highest BCUT2D eigenvalue weighted by atomic mass is 16.7. The molecule has 2 saturated heterocycles. The van der Waals surface area contributed by atoms with Crippen LogP contribution in [0.25, 0.3) is 0 Å². The topological polar surface area (TPSA) is 302 Å². The normalized spacial score (nSPS) is 27.3. The molecule has 57 heavy (non-hydrogen) atoms. The molecule has 10 atom stereocenters. The standard InChI is InChI=1S/C36H65N5O16/c1-21(2)55-20-39-27(46)17-26(45)37-13-9-5-7-11-16-53-35-29(41-23(4)44)33(50)31(48)25(57-35)19-54-36(51)38-14-10-6-8-12-15-52-34-28(40-22(3)43)32(49)30(47)24(18-42)56-34/h21,24-25,28-35,42,47-50H,5-20H2,1-4H3,(H,37,45)(H,38,51)(H,39,46)(H,40,43)(H,41,44). The van der Waals surface area contributed by atoms with Gasteiger partial charge in [0.25, 0.3) is 0 Å². The van der Waals surface area contributed by atoms with Crippen LogP contribution in [-0.2, 0) is 47.6 Å². The first-order valence-corrected chi connectivity index (χ1v) is 19.6. The Balaban J connectivity index is 1.65. The van der Waals surface area contributed by atoms with E-state index in [9.17, 15) is 49.5 Å². The van der Waals surface area contributed by atoms with E-state index >= 15 is 0 Å². The van der Waals surface area contributed by atoms with Crippen molar-refractivity contribution < 1.29 is 77.9 Å². The minimum atomic E-state index is -1.50. The highest BCUT2D eigenvalue weighted by Gasteiger charge is 2.47. The lowest BCUT2D eigenvalue weighted by atomic mass is 9.97. The third kappa shape index (κ3) is 19.4. The number of aliphatic hydroxyl groups is 5. The van der Waals surface area contributed by atoms with Crippen LogP contribution in [0.4, 0.5) is 4.79 Å². The summed E-state index contributed by atoms with van der Waals surface area (Å²) in [5, 5.41) is 64.2. The second-order valence-corrected chi connectivity index (χ2v) is 14.3. The zero-order valence-corrected chi connectivity index (χ0v) is 33.4. The smallest absolute Gasteiger partial charge is 0.407 e. The van der Waals surface area contributed by atoms with Crippen LogP contribution < -0.4 is 26.6 Å². The molecule has 0 saturated carbocycles. The van der Waals surface area contributed by atoms with Crippen LogP contribution in [0.1, 0.15) is 85.5 Å². The van der Waals surface area contributed by atoms with Gasteiger partial charge in [0.15, 0.2) is 12.6 Å². The Morgan fingerprint density at radius 1 is 0.632 bits per heavy atom. The molecule has 0 aromatic carbocycles. The van der Waals surface area contributed by atoms with E-state index in [1.165, 1.54) is 13.8 Å². The molecule has 10 unspecified atom stereocenters. The Hall–Kier alpha value is -3.25. The van der Waals surface area contributed by atoms with Crippen LogP contribution in [-0.4, -0.2) is 169 Å². The number of rotatable bonds is 26. The summed E-state index contributed by atoms with van der Waals surface area (Å²) in [7, 11) is 0. The van der Waals surface area contributed by atoms with Gasteiger partial charge in [0, 0.05) is 40.2 Å². The van der Waals surface area contributed by atoms with Gasteiger partial charge in [-0.2, -0.15) is 0 Å². The average Bonchev–Trinajstić information content (AvgIpc) is 3.14. The quantitative estimate of drug-likeness (QED) is 0.0251. The molecule has 0 bridgehead atoms. The molecule has 21 heteroatoms. The first-order chi connectivity index (χ1) is 27.1. The summed E-state index contributed by atoms with van der Waals surface area (Å²) in [6.45, 7) is 6.34. The van der Waals surface area contributed by atoms with Crippen molar-refractivity contribution in [3.8, 4) is 0 Å². The number of ether oxygens (including phenoxy) is 6. The zero-order valence-electron chi connectivity index (χ0n) is 33.4. The van der Waals surface area contributed by atoms with Gasteiger partial charge in [-0.25, -0.2) is 4.79 Å². The molecule has 2 aliphatic rings. The molecule has 10 N–H and O–H groups in total. The molecule has 2 heterocycles. The van der Waals surface area contributed by atoms with Crippen molar-refractivity contribution in [2.75, 3.05) is 46.2 Å². The average molecular weight is 824 g/mol. The van der Waals surface area contributed by atoms with Crippen molar-refractivity contribution in [3.63, 3.8) is 0 Å². The fourth-order valence-electron chi connectivity index (χ4n) is 5.96. The van der Waals surface area contributed by atoms with Gasteiger partial charge in [0.05, 0.1) is 12.7 Å². The molecule has 21 nitrogen and oxygen atoms in total. The van der Waals surface area contributed by atoms with E-state index in [1.807, 2.05) is 13.8 Å². The second-order valence-electron chi connectivity index (χ2n) is 14.3. The molecule has 0 aliphatic carbocycles. The summed E-state index contributed by atoms with van der Waals surface area (Å²) >= 11 is 0. The third-order valence-electron chi connectivity index (χ3n) is 9.01. The third-order valence-corrected chi connectivity index (χ3v) is 9.01. The van der Waals surface area contributed by atoms with E-state index in [4.69, 9.17) is 28.4 Å². The summed E-state index contributed by atoms with van der Waals surface area (Å²) in [4.78, 5) is 59.4. The molecule has 0 aromatic rings. The van der Waals surface area contributed by atoms with Gasteiger partial charge in [-0.05, 0) is 39.5 Å². The van der Waals surface area contributed by atoms with Gasteiger partial charge in [-0.1, -0.05) is 25.7 Å². The minimum Gasteiger partial charge on any atom is -0.447 e. The number of hydrogen-bond donors (Lipinski definition) is 10. The Morgan fingerprint density at radius 3 is 1.61 bits per heavy atom. The van der Waals surface area contributed by atoms with Crippen LogP contribution in [0.5, 0.6) is 0 Å².